The van der Waals surface area contributed by atoms with Crippen LogP contribution < -0.4 is 15.0 Å². The van der Waals surface area contributed by atoms with E-state index >= 15 is 4.39 Å². The van der Waals surface area contributed by atoms with E-state index in [0.717, 1.165) is 18.4 Å². The molecule has 0 aliphatic carbocycles. The van der Waals surface area contributed by atoms with E-state index in [2.05, 4.69) is 37.6 Å². The minimum absolute atomic E-state index is 0.00575. The number of piperazine rings is 1. The molecule has 2 aromatic heterocycles. The molecule has 2 unspecified atom stereocenters. The SMILES string of the molecule is C#Cc1c(F)ccc2cccc(-c3ncc4c(N5CC6CCC(C5)N6)nc(OC[C@@]56CC[C@@H](CCC(F)(F)F)N5CC(=C)C6)nc4c3F)c12. The highest BCUT2D eigenvalue weighted by molar-refractivity contribution is 6.02. The van der Waals surface area contributed by atoms with Crippen molar-refractivity contribution in [1.29, 1.82) is 0 Å². The van der Waals surface area contributed by atoms with E-state index in [0.29, 0.717) is 66.4 Å². The molecular formula is C37H35F5N6O. The molecule has 4 fully saturated rings. The van der Waals surface area contributed by atoms with E-state index in [4.69, 9.17) is 16.1 Å². The van der Waals surface area contributed by atoms with Crippen molar-refractivity contribution in [1.82, 2.24) is 25.2 Å². The number of alkyl halides is 3. The lowest BCUT2D eigenvalue weighted by Crippen LogP contribution is -2.51. The van der Waals surface area contributed by atoms with E-state index in [-0.39, 0.29) is 53.9 Å². The molecule has 254 valence electrons. The van der Waals surface area contributed by atoms with E-state index in [1.807, 2.05) is 0 Å². The zero-order chi connectivity index (χ0) is 34.1. The third kappa shape index (κ3) is 5.66. The highest BCUT2D eigenvalue weighted by atomic mass is 19.4. The molecule has 0 amide bonds. The molecule has 7 nitrogen and oxygen atoms in total. The lowest BCUT2D eigenvalue weighted by molar-refractivity contribution is -0.138. The van der Waals surface area contributed by atoms with Gasteiger partial charge in [-0.2, -0.15) is 23.1 Å². The van der Waals surface area contributed by atoms with Crippen molar-refractivity contribution in [3.63, 3.8) is 0 Å². The number of fused-ring (bicyclic) bond motifs is 5. The van der Waals surface area contributed by atoms with Crippen LogP contribution in [-0.2, 0) is 0 Å². The Labute approximate surface area is 280 Å². The number of nitrogens with zero attached hydrogens (tertiary/aromatic N) is 5. The van der Waals surface area contributed by atoms with Crippen molar-refractivity contribution >= 4 is 27.5 Å². The van der Waals surface area contributed by atoms with E-state index < -0.39 is 29.8 Å². The number of terminal acetylenes is 1. The quantitative estimate of drug-likeness (QED) is 0.130. The number of halogens is 5. The lowest BCUT2D eigenvalue weighted by Gasteiger charge is -2.35. The summed E-state index contributed by atoms with van der Waals surface area (Å²) in [6, 6.07) is 8.32. The molecule has 12 heteroatoms. The molecule has 2 bridgehead atoms. The standard InChI is InChI=1S/C37H35F5N6O/c1-3-26-29(38)10-7-22-5-4-6-27(30(22)26)32-31(39)33-28(16-43-32)34(47-18-23-8-9-24(19-47)44-23)46-35(45-33)49-20-36-13-11-25(12-14-37(40,41)42)48(36)17-21(2)15-36/h1,4-7,10,16,23-25,44H,2,8-9,11-15,17-20H2/t23?,24?,25-,36-/m0/s1. The van der Waals surface area contributed by atoms with Crippen LogP contribution in [0.2, 0.25) is 0 Å². The zero-order valence-corrected chi connectivity index (χ0v) is 26.8. The van der Waals surface area contributed by atoms with Gasteiger partial charge in [-0.15, -0.1) is 6.42 Å². The van der Waals surface area contributed by atoms with E-state index in [1.165, 1.54) is 6.07 Å². The fourth-order valence-electron chi connectivity index (χ4n) is 8.58. The number of aromatic nitrogens is 3. The predicted molar refractivity (Wildman–Crippen MR) is 177 cm³/mol. The first kappa shape index (κ1) is 31.9. The van der Waals surface area contributed by atoms with Gasteiger partial charge >= 0.3 is 12.2 Å². The van der Waals surface area contributed by atoms with Crippen molar-refractivity contribution in [3.05, 3.63) is 65.9 Å². The Hall–Kier alpha value is -4.34. The second kappa shape index (κ2) is 11.9. The number of rotatable bonds is 7. The topological polar surface area (TPSA) is 66.4 Å². The summed E-state index contributed by atoms with van der Waals surface area (Å²) in [4.78, 5) is 18.2. The van der Waals surface area contributed by atoms with Crippen LogP contribution in [0.15, 0.2) is 48.7 Å². The van der Waals surface area contributed by atoms with Gasteiger partial charge in [0.15, 0.2) is 5.82 Å². The zero-order valence-electron chi connectivity index (χ0n) is 26.8. The first-order valence-electron chi connectivity index (χ1n) is 16.7. The van der Waals surface area contributed by atoms with Gasteiger partial charge < -0.3 is 15.0 Å². The molecule has 8 rings (SSSR count). The monoisotopic (exact) mass is 674 g/mol. The van der Waals surface area contributed by atoms with E-state index in [1.54, 1.807) is 30.5 Å². The Morgan fingerprint density at radius 2 is 1.88 bits per heavy atom. The van der Waals surface area contributed by atoms with Crippen LogP contribution in [-0.4, -0.2) is 75.9 Å². The lowest BCUT2D eigenvalue weighted by atomic mass is 9.93. The minimum atomic E-state index is -4.22. The molecule has 4 aliphatic heterocycles. The van der Waals surface area contributed by atoms with Crippen LogP contribution in [0.1, 0.15) is 50.5 Å². The smallest absolute Gasteiger partial charge is 0.389 e. The maximum atomic E-state index is 16.9. The van der Waals surface area contributed by atoms with Gasteiger partial charge in [-0.05, 0) is 50.0 Å². The van der Waals surface area contributed by atoms with Crippen molar-refractivity contribution in [2.75, 3.05) is 31.1 Å². The molecule has 2 aromatic carbocycles. The number of hydrogen-bond acceptors (Lipinski definition) is 7. The Balaban J connectivity index is 1.20. The van der Waals surface area contributed by atoms with Crippen molar-refractivity contribution in [3.8, 4) is 29.6 Å². The van der Waals surface area contributed by atoms with Gasteiger partial charge in [0, 0.05) is 61.3 Å². The van der Waals surface area contributed by atoms with E-state index in [9.17, 15) is 17.6 Å². The molecule has 4 aliphatic rings. The molecule has 4 aromatic rings. The number of benzene rings is 2. The normalized spacial score (nSPS) is 25.3. The maximum Gasteiger partial charge on any atom is 0.389 e. The summed E-state index contributed by atoms with van der Waals surface area (Å²) in [5.41, 5.74) is 0.728. The summed E-state index contributed by atoms with van der Waals surface area (Å²) in [5, 5.41) is 5.04. The van der Waals surface area contributed by atoms with Crippen LogP contribution in [0, 0.1) is 24.0 Å². The summed E-state index contributed by atoms with van der Waals surface area (Å²) < 4.78 is 77.4. The summed E-state index contributed by atoms with van der Waals surface area (Å²) in [5.74, 6) is 1.61. The van der Waals surface area contributed by atoms with Gasteiger partial charge in [-0.3, -0.25) is 9.88 Å². The van der Waals surface area contributed by atoms with Crippen LogP contribution in [0.5, 0.6) is 6.01 Å². The molecule has 49 heavy (non-hydrogen) atoms. The summed E-state index contributed by atoms with van der Waals surface area (Å²) in [6.45, 7) is 6.11. The van der Waals surface area contributed by atoms with Crippen molar-refractivity contribution < 1.29 is 26.7 Å². The average Bonchev–Trinajstić information content (AvgIpc) is 3.71. The van der Waals surface area contributed by atoms with Gasteiger partial charge in [0.1, 0.15) is 29.5 Å². The number of pyridine rings is 1. The largest absolute Gasteiger partial charge is 0.461 e. The molecule has 0 radical (unpaired) electrons. The first-order chi connectivity index (χ1) is 23.5. The van der Waals surface area contributed by atoms with Gasteiger partial charge in [0.25, 0.3) is 0 Å². The van der Waals surface area contributed by atoms with Crippen LogP contribution >= 0.6 is 0 Å². The molecule has 4 atom stereocenters. The van der Waals surface area contributed by atoms with Crippen LogP contribution in [0.3, 0.4) is 0 Å². The number of nitrogens with one attached hydrogen (secondary N) is 1. The van der Waals surface area contributed by atoms with Crippen LogP contribution in [0.25, 0.3) is 32.9 Å². The highest BCUT2D eigenvalue weighted by Gasteiger charge is 2.51. The Kier molecular flexibility index (Phi) is 7.76. The average molecular weight is 675 g/mol. The molecule has 0 saturated carbocycles. The molecule has 4 saturated heterocycles. The molecular weight excluding hydrogens is 639 g/mol. The fourth-order valence-corrected chi connectivity index (χ4v) is 8.58. The Morgan fingerprint density at radius 3 is 2.63 bits per heavy atom. The number of hydrogen-bond donors (Lipinski definition) is 1. The first-order valence-corrected chi connectivity index (χ1v) is 16.7. The van der Waals surface area contributed by atoms with Crippen molar-refractivity contribution in [2.24, 2.45) is 0 Å². The third-order valence-corrected chi connectivity index (χ3v) is 10.8. The molecule has 0 spiro atoms. The van der Waals surface area contributed by atoms with Gasteiger partial charge in [0.05, 0.1) is 16.5 Å². The second-order valence-corrected chi connectivity index (χ2v) is 13.9. The second-order valence-electron chi connectivity index (χ2n) is 13.9. The molecule has 1 N–H and O–H groups in total. The van der Waals surface area contributed by atoms with Gasteiger partial charge in [-0.25, -0.2) is 8.78 Å². The summed E-state index contributed by atoms with van der Waals surface area (Å²) in [7, 11) is 0. The van der Waals surface area contributed by atoms with Crippen molar-refractivity contribution in [2.45, 2.75) is 74.8 Å². The number of anilines is 1. The maximum absolute atomic E-state index is 16.9. The van der Waals surface area contributed by atoms with Gasteiger partial charge in [0.2, 0.25) is 0 Å². The third-order valence-electron chi connectivity index (χ3n) is 10.8. The minimum Gasteiger partial charge on any atom is -0.461 e. The fraction of sp³-hybridized carbons (Fsp3) is 0.432. The number of ether oxygens (including phenoxy) is 1. The summed E-state index contributed by atoms with van der Waals surface area (Å²) >= 11 is 0. The van der Waals surface area contributed by atoms with Gasteiger partial charge in [-0.1, -0.05) is 42.3 Å². The highest BCUT2D eigenvalue weighted by Crippen LogP contribution is 2.46. The molecule has 6 heterocycles. The van der Waals surface area contributed by atoms with Crippen LogP contribution in [0.4, 0.5) is 27.8 Å². The predicted octanol–water partition coefficient (Wildman–Crippen LogP) is 6.93. The Morgan fingerprint density at radius 1 is 1.08 bits per heavy atom. The Bertz CT molecular complexity index is 2020. The summed E-state index contributed by atoms with van der Waals surface area (Å²) in [6.07, 6.45) is 6.11.